The van der Waals surface area contributed by atoms with Gasteiger partial charge in [-0.3, -0.25) is 4.79 Å². The molecule has 3 N–H and O–H groups in total. The number of carbonyl (C=O) groups is 1. The molecule has 0 bridgehead atoms. The van der Waals surface area contributed by atoms with Gasteiger partial charge in [-0.1, -0.05) is 28.1 Å². The van der Waals surface area contributed by atoms with Crippen LogP contribution in [0.15, 0.2) is 27.1 Å². The highest BCUT2D eigenvalue weighted by Gasteiger charge is 2.16. The van der Waals surface area contributed by atoms with E-state index in [1.807, 2.05) is 12.1 Å². The van der Waals surface area contributed by atoms with Crippen molar-refractivity contribution < 1.29 is 4.79 Å². The van der Waals surface area contributed by atoms with Crippen LogP contribution < -0.4 is 11.1 Å². The molecule has 0 aromatic heterocycles. The molecule has 0 saturated carbocycles. The molecule has 0 radical (unpaired) electrons. The number of carbonyl (C=O) groups excluding carboxylic acids is 1. The van der Waals surface area contributed by atoms with Crippen LogP contribution in [-0.2, 0) is 4.79 Å². The van der Waals surface area contributed by atoms with Crippen molar-refractivity contribution in [1.29, 1.82) is 0 Å². The fraction of sp³-hybridized carbons (Fsp3) is 0.200. The summed E-state index contributed by atoms with van der Waals surface area (Å²) in [6, 6.07) is 5.51. The summed E-state index contributed by atoms with van der Waals surface area (Å²) in [5.41, 5.74) is 6.09. The zero-order valence-electron chi connectivity index (χ0n) is 8.46. The van der Waals surface area contributed by atoms with Gasteiger partial charge in [-0.05, 0) is 41.1 Å². The molecule has 0 aliphatic carbocycles. The summed E-state index contributed by atoms with van der Waals surface area (Å²) >= 11 is 11.4. The molecule has 3 nitrogen and oxygen atoms in total. The lowest BCUT2D eigenvalue weighted by atomic mass is 10.1. The van der Waals surface area contributed by atoms with Crippen molar-refractivity contribution >= 4 is 60.7 Å². The molecule has 16 heavy (non-hydrogen) atoms. The van der Waals surface area contributed by atoms with E-state index in [0.29, 0.717) is 5.69 Å². The van der Waals surface area contributed by atoms with Crippen LogP contribution in [0, 0.1) is 5.92 Å². The van der Waals surface area contributed by atoms with Gasteiger partial charge in [0, 0.05) is 8.95 Å². The molecule has 86 valence electrons. The second-order valence-electron chi connectivity index (χ2n) is 3.24. The van der Waals surface area contributed by atoms with Crippen molar-refractivity contribution in [3.05, 3.63) is 27.1 Å². The lowest BCUT2D eigenvalue weighted by molar-refractivity contribution is -0.117. The molecule has 0 spiro atoms. The molecule has 0 heterocycles. The molecular formula is C10H10Br2N2OS. The van der Waals surface area contributed by atoms with E-state index in [1.165, 1.54) is 0 Å². The number of rotatable bonds is 3. The maximum absolute atomic E-state index is 11.7. The van der Waals surface area contributed by atoms with Gasteiger partial charge in [0.05, 0.1) is 16.6 Å². The van der Waals surface area contributed by atoms with E-state index < -0.39 is 5.92 Å². The first-order valence-electron chi connectivity index (χ1n) is 4.47. The van der Waals surface area contributed by atoms with Crippen LogP contribution in [0.2, 0.25) is 0 Å². The van der Waals surface area contributed by atoms with Gasteiger partial charge in [0.1, 0.15) is 0 Å². The van der Waals surface area contributed by atoms with Gasteiger partial charge < -0.3 is 11.1 Å². The van der Waals surface area contributed by atoms with E-state index >= 15 is 0 Å². The minimum Gasteiger partial charge on any atom is -0.393 e. The average Bonchev–Trinajstić information content (AvgIpc) is 2.22. The van der Waals surface area contributed by atoms with E-state index in [-0.39, 0.29) is 10.9 Å². The first kappa shape index (κ1) is 13.6. The maximum Gasteiger partial charge on any atom is 0.234 e. The Morgan fingerprint density at radius 2 is 2.12 bits per heavy atom. The Morgan fingerprint density at radius 3 is 2.69 bits per heavy atom. The average molecular weight is 366 g/mol. The molecule has 1 unspecified atom stereocenters. The van der Waals surface area contributed by atoms with E-state index in [0.717, 1.165) is 8.95 Å². The molecule has 0 fully saturated rings. The summed E-state index contributed by atoms with van der Waals surface area (Å²) in [4.78, 5) is 11.9. The van der Waals surface area contributed by atoms with Gasteiger partial charge in [-0.25, -0.2) is 0 Å². The van der Waals surface area contributed by atoms with E-state index in [9.17, 15) is 4.79 Å². The fourth-order valence-corrected chi connectivity index (χ4v) is 1.78. The summed E-state index contributed by atoms with van der Waals surface area (Å²) in [6.45, 7) is 1.67. The van der Waals surface area contributed by atoms with Crippen LogP contribution in [0.25, 0.3) is 0 Å². The molecule has 0 aliphatic rings. The highest BCUT2D eigenvalue weighted by Crippen LogP contribution is 2.26. The van der Waals surface area contributed by atoms with Gasteiger partial charge in [-0.2, -0.15) is 0 Å². The number of hydrogen-bond acceptors (Lipinski definition) is 2. The molecule has 0 aliphatic heterocycles. The smallest absolute Gasteiger partial charge is 0.234 e. The lowest BCUT2D eigenvalue weighted by Crippen LogP contribution is -2.30. The standard InChI is InChI=1S/C10H10Br2N2OS/c1-5(9(13)16)10(15)14-8-4-6(11)2-3-7(8)12/h2-5H,1H3,(H2,13,16)(H,14,15). The minimum atomic E-state index is -0.485. The highest BCUT2D eigenvalue weighted by atomic mass is 79.9. The second-order valence-corrected chi connectivity index (χ2v) is 5.48. The molecule has 1 aromatic rings. The molecule has 1 rings (SSSR count). The quantitative estimate of drug-likeness (QED) is 0.809. The third-order valence-corrected chi connectivity index (χ3v) is 3.54. The van der Waals surface area contributed by atoms with Gasteiger partial charge in [0.25, 0.3) is 0 Å². The van der Waals surface area contributed by atoms with Crippen molar-refractivity contribution in [1.82, 2.24) is 0 Å². The van der Waals surface area contributed by atoms with Gasteiger partial charge in [0.2, 0.25) is 5.91 Å². The molecule has 0 saturated heterocycles. The number of hydrogen-bond donors (Lipinski definition) is 2. The number of anilines is 1. The third kappa shape index (κ3) is 3.54. The Bertz CT molecular complexity index is 437. The predicted octanol–water partition coefficient (Wildman–Crippen LogP) is 3.07. The molecule has 1 atom stereocenters. The van der Waals surface area contributed by atoms with Crippen molar-refractivity contribution in [3.63, 3.8) is 0 Å². The SMILES string of the molecule is CC(C(=O)Nc1cc(Br)ccc1Br)C(N)=S. The third-order valence-electron chi connectivity index (χ3n) is 2.01. The first-order chi connectivity index (χ1) is 7.41. The zero-order valence-corrected chi connectivity index (χ0v) is 12.4. The van der Waals surface area contributed by atoms with E-state index in [2.05, 4.69) is 37.2 Å². The lowest BCUT2D eigenvalue weighted by Gasteiger charge is -2.12. The number of thiocarbonyl (C=S) groups is 1. The monoisotopic (exact) mass is 364 g/mol. The number of nitrogens with one attached hydrogen (secondary N) is 1. The zero-order chi connectivity index (χ0) is 12.3. The van der Waals surface area contributed by atoms with Crippen LogP contribution in [-0.4, -0.2) is 10.9 Å². The van der Waals surface area contributed by atoms with E-state index in [1.54, 1.807) is 13.0 Å². The van der Waals surface area contributed by atoms with Crippen LogP contribution in [0.4, 0.5) is 5.69 Å². The Hall–Kier alpha value is -0.460. The summed E-state index contributed by atoms with van der Waals surface area (Å²) in [5.74, 6) is -0.702. The largest absolute Gasteiger partial charge is 0.393 e. The number of amides is 1. The summed E-state index contributed by atoms with van der Waals surface area (Å²) < 4.78 is 1.69. The highest BCUT2D eigenvalue weighted by molar-refractivity contribution is 9.11. The number of halogens is 2. The predicted molar refractivity (Wildman–Crippen MR) is 76.4 cm³/mol. The van der Waals surface area contributed by atoms with Crippen LogP contribution in [0.3, 0.4) is 0 Å². The second kappa shape index (κ2) is 5.75. The molecule has 1 amide bonds. The van der Waals surface area contributed by atoms with E-state index in [4.69, 9.17) is 18.0 Å². The Morgan fingerprint density at radius 1 is 1.50 bits per heavy atom. The summed E-state index contributed by atoms with van der Waals surface area (Å²) in [6.07, 6.45) is 0. The Kier molecular flexibility index (Phi) is 4.89. The van der Waals surface area contributed by atoms with Crippen LogP contribution in [0.1, 0.15) is 6.92 Å². The first-order valence-corrected chi connectivity index (χ1v) is 6.46. The van der Waals surface area contributed by atoms with Crippen molar-refractivity contribution in [3.8, 4) is 0 Å². The normalized spacial score (nSPS) is 11.9. The summed E-state index contributed by atoms with van der Waals surface area (Å²) in [7, 11) is 0. The van der Waals surface area contributed by atoms with Crippen molar-refractivity contribution in [2.24, 2.45) is 11.7 Å². The van der Waals surface area contributed by atoms with Crippen molar-refractivity contribution in [2.45, 2.75) is 6.92 Å². The fourth-order valence-electron chi connectivity index (χ4n) is 0.963. The van der Waals surface area contributed by atoms with Crippen molar-refractivity contribution in [2.75, 3.05) is 5.32 Å². The Balaban J connectivity index is 2.84. The van der Waals surface area contributed by atoms with Gasteiger partial charge >= 0.3 is 0 Å². The summed E-state index contributed by atoms with van der Waals surface area (Å²) in [5, 5.41) is 2.75. The molecular weight excluding hydrogens is 356 g/mol. The van der Waals surface area contributed by atoms with Crippen LogP contribution >= 0.6 is 44.1 Å². The topological polar surface area (TPSA) is 55.1 Å². The number of nitrogens with two attached hydrogens (primary N) is 1. The number of benzene rings is 1. The Labute approximate surface area is 116 Å². The minimum absolute atomic E-state index is 0.184. The van der Waals surface area contributed by atoms with Gasteiger partial charge in [-0.15, -0.1) is 0 Å². The van der Waals surface area contributed by atoms with Crippen LogP contribution in [0.5, 0.6) is 0 Å². The van der Waals surface area contributed by atoms with Gasteiger partial charge in [0.15, 0.2) is 0 Å². The molecule has 6 heteroatoms. The molecule has 1 aromatic carbocycles. The maximum atomic E-state index is 11.7.